The van der Waals surface area contributed by atoms with Crippen LogP contribution in [0, 0.1) is 20.2 Å². The molecule has 0 aromatic heterocycles. The first kappa shape index (κ1) is 20.0. The summed E-state index contributed by atoms with van der Waals surface area (Å²) in [5.41, 5.74) is -1.49. The summed E-state index contributed by atoms with van der Waals surface area (Å²) in [7, 11) is -3.42. The molecule has 1 aromatic carbocycles. The van der Waals surface area contributed by atoms with Crippen molar-refractivity contribution in [3.63, 3.8) is 0 Å². The Morgan fingerprint density at radius 1 is 1.22 bits per heavy atom. The molecule has 11 heteroatoms. The predicted octanol–water partition coefficient (Wildman–Crippen LogP) is 5.40. The number of thioether (sulfide) groups is 1. The first-order valence-electron chi connectivity index (χ1n) is 8.58. The van der Waals surface area contributed by atoms with Crippen molar-refractivity contribution < 1.29 is 23.5 Å². The molecular formula is C16H19N2O7PS. The van der Waals surface area contributed by atoms with Crippen molar-refractivity contribution in [1.29, 1.82) is 0 Å². The molecule has 0 N–H and O–H groups in total. The van der Waals surface area contributed by atoms with Crippen molar-refractivity contribution in [3.8, 4) is 0 Å². The zero-order chi connectivity index (χ0) is 19.7. The minimum atomic E-state index is -3.42. The number of rotatable bonds is 6. The van der Waals surface area contributed by atoms with Gasteiger partial charge in [-0.1, -0.05) is 31.0 Å². The SMILES string of the molecule is CCOP1(=O)C=C(Sc2ccc([N+](=O)[O-])cc2[N+](=O)[O-])C2(CCCCC2)O1. The summed E-state index contributed by atoms with van der Waals surface area (Å²) in [6.45, 7) is 1.94. The Hall–Kier alpha value is -1.74. The normalized spacial score (nSPS) is 24.0. The average molecular weight is 414 g/mol. The van der Waals surface area contributed by atoms with E-state index in [0.717, 1.165) is 37.1 Å². The molecule has 1 saturated carbocycles. The van der Waals surface area contributed by atoms with Crippen LogP contribution in [0.4, 0.5) is 11.4 Å². The van der Waals surface area contributed by atoms with Crippen LogP contribution in [0.2, 0.25) is 0 Å². The van der Waals surface area contributed by atoms with Crippen molar-refractivity contribution in [1.82, 2.24) is 0 Å². The van der Waals surface area contributed by atoms with Gasteiger partial charge in [0.2, 0.25) is 0 Å². The molecule has 1 atom stereocenters. The number of hydrogen-bond donors (Lipinski definition) is 0. The van der Waals surface area contributed by atoms with E-state index in [4.69, 9.17) is 9.05 Å². The molecule has 1 spiro atoms. The van der Waals surface area contributed by atoms with Crippen LogP contribution in [0.3, 0.4) is 0 Å². The summed E-state index contributed by atoms with van der Waals surface area (Å²) in [4.78, 5) is 21.9. The molecule has 2 aliphatic rings. The summed E-state index contributed by atoms with van der Waals surface area (Å²) < 4.78 is 24.1. The van der Waals surface area contributed by atoms with E-state index in [-0.39, 0.29) is 22.9 Å². The highest BCUT2D eigenvalue weighted by molar-refractivity contribution is 8.03. The monoisotopic (exact) mass is 414 g/mol. The molecule has 1 unspecified atom stereocenters. The largest absolute Gasteiger partial charge is 0.355 e. The lowest BCUT2D eigenvalue weighted by Gasteiger charge is -2.35. The van der Waals surface area contributed by atoms with Crippen LogP contribution >= 0.6 is 19.4 Å². The molecule has 1 fully saturated rings. The Morgan fingerprint density at radius 3 is 2.52 bits per heavy atom. The third kappa shape index (κ3) is 4.08. The van der Waals surface area contributed by atoms with Gasteiger partial charge in [-0.15, -0.1) is 0 Å². The molecule has 0 radical (unpaired) electrons. The zero-order valence-electron chi connectivity index (χ0n) is 14.7. The van der Waals surface area contributed by atoms with Crippen molar-refractivity contribution in [2.75, 3.05) is 6.61 Å². The smallest absolute Gasteiger partial charge is 0.306 e. The molecule has 1 aliphatic carbocycles. The van der Waals surface area contributed by atoms with Gasteiger partial charge in [0.15, 0.2) is 0 Å². The van der Waals surface area contributed by atoms with E-state index in [2.05, 4.69) is 0 Å². The molecule has 0 saturated heterocycles. The molecule has 146 valence electrons. The van der Waals surface area contributed by atoms with Gasteiger partial charge in [0.05, 0.1) is 27.4 Å². The maximum absolute atomic E-state index is 12.9. The Labute approximate surface area is 159 Å². The van der Waals surface area contributed by atoms with Crippen LogP contribution in [0.15, 0.2) is 33.8 Å². The molecule has 1 heterocycles. The fourth-order valence-corrected chi connectivity index (χ4v) is 6.90. The highest BCUT2D eigenvalue weighted by atomic mass is 32.2. The van der Waals surface area contributed by atoms with E-state index in [1.165, 1.54) is 17.9 Å². The van der Waals surface area contributed by atoms with Crippen LogP contribution in [0.1, 0.15) is 39.0 Å². The number of non-ortho nitro benzene ring substituents is 1. The van der Waals surface area contributed by atoms with Crippen LogP contribution in [-0.4, -0.2) is 22.1 Å². The maximum atomic E-state index is 12.9. The van der Waals surface area contributed by atoms with Crippen molar-refractivity contribution in [3.05, 3.63) is 49.1 Å². The lowest BCUT2D eigenvalue weighted by Crippen LogP contribution is -2.32. The molecule has 1 aliphatic heterocycles. The van der Waals surface area contributed by atoms with Gasteiger partial charge in [-0.2, -0.15) is 0 Å². The Balaban J connectivity index is 2.00. The summed E-state index contributed by atoms with van der Waals surface area (Å²) >= 11 is 1.08. The molecular weight excluding hydrogens is 395 g/mol. The fourth-order valence-electron chi connectivity index (χ4n) is 3.37. The fraction of sp³-hybridized carbons (Fsp3) is 0.500. The van der Waals surface area contributed by atoms with Crippen LogP contribution < -0.4 is 0 Å². The van der Waals surface area contributed by atoms with Gasteiger partial charge < -0.3 is 4.52 Å². The van der Waals surface area contributed by atoms with Gasteiger partial charge >= 0.3 is 7.60 Å². The molecule has 9 nitrogen and oxygen atoms in total. The molecule has 0 bridgehead atoms. The van der Waals surface area contributed by atoms with Crippen molar-refractivity contribution >= 4 is 30.7 Å². The summed E-state index contributed by atoms with van der Waals surface area (Å²) in [5, 5.41) is 22.3. The van der Waals surface area contributed by atoms with Crippen LogP contribution in [-0.2, 0) is 13.6 Å². The maximum Gasteiger partial charge on any atom is 0.355 e. The second-order valence-corrected chi connectivity index (χ2v) is 9.23. The minimum absolute atomic E-state index is 0.222. The van der Waals surface area contributed by atoms with E-state index >= 15 is 0 Å². The molecule has 27 heavy (non-hydrogen) atoms. The number of nitro benzene ring substituents is 2. The second kappa shape index (κ2) is 7.71. The molecule has 0 amide bonds. The molecule has 1 aromatic rings. The number of hydrogen-bond acceptors (Lipinski definition) is 8. The van der Waals surface area contributed by atoms with E-state index < -0.39 is 23.0 Å². The quantitative estimate of drug-likeness (QED) is 0.344. The molecule has 3 rings (SSSR count). The predicted molar refractivity (Wildman–Crippen MR) is 99.8 cm³/mol. The summed E-state index contributed by atoms with van der Waals surface area (Å²) in [6.07, 6.45) is 4.14. The van der Waals surface area contributed by atoms with Gasteiger partial charge in [0.25, 0.3) is 11.4 Å². The zero-order valence-corrected chi connectivity index (χ0v) is 16.4. The van der Waals surface area contributed by atoms with E-state index in [0.29, 0.717) is 17.7 Å². The first-order chi connectivity index (χ1) is 12.8. The lowest BCUT2D eigenvalue weighted by molar-refractivity contribution is -0.396. The van der Waals surface area contributed by atoms with E-state index in [1.54, 1.807) is 6.92 Å². The van der Waals surface area contributed by atoms with Crippen molar-refractivity contribution in [2.45, 2.75) is 49.5 Å². The standard InChI is InChI=1S/C16H19N2O7PS/c1-2-24-26(23)11-15(16(25-26)8-4-3-5-9-16)27-14-7-6-12(17(19)20)10-13(14)18(21)22/h6-7,10-11H,2-5,8-9H2,1H3. The Morgan fingerprint density at radius 2 is 1.93 bits per heavy atom. The number of benzene rings is 1. The van der Waals surface area contributed by atoms with Crippen molar-refractivity contribution in [2.24, 2.45) is 0 Å². The summed E-state index contributed by atoms with van der Waals surface area (Å²) in [5.74, 6) is 1.46. The van der Waals surface area contributed by atoms with E-state index in [9.17, 15) is 24.8 Å². The number of nitro groups is 2. The van der Waals surface area contributed by atoms with Gasteiger partial charge in [0.1, 0.15) is 5.60 Å². The van der Waals surface area contributed by atoms with Gasteiger partial charge in [0, 0.05) is 16.8 Å². The lowest BCUT2D eigenvalue weighted by atomic mass is 9.85. The third-order valence-corrected chi connectivity index (χ3v) is 7.81. The highest BCUT2D eigenvalue weighted by Crippen LogP contribution is 2.66. The van der Waals surface area contributed by atoms with E-state index in [1.807, 2.05) is 0 Å². The van der Waals surface area contributed by atoms with Gasteiger partial charge in [-0.05, 0) is 25.8 Å². The average Bonchev–Trinajstić information content (AvgIpc) is 2.86. The number of nitrogens with zero attached hydrogens (tertiary/aromatic N) is 2. The van der Waals surface area contributed by atoms with Gasteiger partial charge in [-0.3, -0.25) is 29.3 Å². The van der Waals surface area contributed by atoms with Crippen LogP contribution in [0.25, 0.3) is 0 Å². The second-order valence-electron chi connectivity index (χ2n) is 6.37. The Bertz CT molecular complexity index is 851. The van der Waals surface area contributed by atoms with Crippen LogP contribution in [0.5, 0.6) is 0 Å². The van der Waals surface area contributed by atoms with Gasteiger partial charge in [-0.25, -0.2) is 0 Å². The topological polar surface area (TPSA) is 122 Å². The third-order valence-electron chi connectivity index (χ3n) is 4.57. The Kier molecular flexibility index (Phi) is 5.71. The summed E-state index contributed by atoms with van der Waals surface area (Å²) in [6, 6.07) is 3.51. The first-order valence-corrected chi connectivity index (χ1v) is 11.0. The minimum Gasteiger partial charge on any atom is -0.306 e. The highest BCUT2D eigenvalue weighted by Gasteiger charge is 2.50.